The van der Waals surface area contributed by atoms with Crippen molar-refractivity contribution < 1.29 is 0 Å². The molecule has 70 valence electrons. The highest BCUT2D eigenvalue weighted by Crippen LogP contribution is 2.23. The number of hydrogen-bond acceptors (Lipinski definition) is 2. The zero-order valence-electron chi connectivity index (χ0n) is 8.19. The minimum Gasteiger partial charge on any atom is -0.311 e. The van der Waals surface area contributed by atoms with Gasteiger partial charge in [0.2, 0.25) is 0 Å². The normalized spacial score (nSPS) is 40.5. The molecule has 12 heavy (non-hydrogen) atoms. The third kappa shape index (κ3) is 1.64. The van der Waals surface area contributed by atoms with Crippen LogP contribution in [0.15, 0.2) is 0 Å². The van der Waals surface area contributed by atoms with Gasteiger partial charge >= 0.3 is 0 Å². The van der Waals surface area contributed by atoms with Gasteiger partial charge in [0, 0.05) is 24.2 Å². The van der Waals surface area contributed by atoms with Crippen molar-refractivity contribution in [1.82, 2.24) is 10.6 Å². The van der Waals surface area contributed by atoms with E-state index in [1.165, 1.54) is 25.7 Å². The average Bonchev–Trinajstić information content (AvgIpc) is 2.02. The number of hydrogen-bond donors (Lipinski definition) is 2. The molecule has 2 atom stereocenters. The van der Waals surface area contributed by atoms with Crippen molar-refractivity contribution in [1.29, 1.82) is 0 Å². The molecule has 2 N–H and O–H groups in total. The Labute approximate surface area is 75.1 Å². The summed E-state index contributed by atoms with van der Waals surface area (Å²) in [4.78, 5) is 0. The first-order valence-electron chi connectivity index (χ1n) is 5.18. The topological polar surface area (TPSA) is 24.1 Å². The SMILES string of the molecule is CC1(C)CNC2CCCC[C@@H]2N1. The molecule has 0 bridgehead atoms. The smallest absolute Gasteiger partial charge is 0.0252 e. The summed E-state index contributed by atoms with van der Waals surface area (Å²) in [5, 5.41) is 7.38. The summed E-state index contributed by atoms with van der Waals surface area (Å²) < 4.78 is 0. The Bertz CT molecular complexity index is 165. The standard InChI is InChI=1S/C10H20N2/c1-10(2)7-11-8-5-3-4-6-9(8)12-10/h8-9,11-12H,3-7H2,1-2H3/t8?,9-/m0/s1. The van der Waals surface area contributed by atoms with E-state index in [2.05, 4.69) is 24.5 Å². The highest BCUT2D eigenvalue weighted by molar-refractivity contribution is 4.98. The van der Waals surface area contributed by atoms with E-state index in [1.807, 2.05) is 0 Å². The van der Waals surface area contributed by atoms with Crippen molar-refractivity contribution in [3.8, 4) is 0 Å². The van der Waals surface area contributed by atoms with Crippen LogP contribution in [0.25, 0.3) is 0 Å². The molecule has 0 radical (unpaired) electrons. The molecule has 1 aliphatic heterocycles. The summed E-state index contributed by atoms with van der Waals surface area (Å²) in [6.07, 6.45) is 5.55. The first kappa shape index (κ1) is 8.52. The molecule has 1 saturated heterocycles. The summed E-state index contributed by atoms with van der Waals surface area (Å²) in [5.41, 5.74) is 0.304. The van der Waals surface area contributed by atoms with Crippen molar-refractivity contribution in [3.05, 3.63) is 0 Å². The van der Waals surface area contributed by atoms with Crippen LogP contribution in [0.1, 0.15) is 39.5 Å². The van der Waals surface area contributed by atoms with E-state index >= 15 is 0 Å². The maximum absolute atomic E-state index is 3.73. The summed E-state index contributed by atoms with van der Waals surface area (Å²) in [5.74, 6) is 0. The quantitative estimate of drug-likeness (QED) is 0.569. The largest absolute Gasteiger partial charge is 0.311 e. The fourth-order valence-corrected chi connectivity index (χ4v) is 2.49. The van der Waals surface area contributed by atoms with Crippen LogP contribution < -0.4 is 10.6 Å². The van der Waals surface area contributed by atoms with Gasteiger partial charge in [-0.3, -0.25) is 0 Å². The zero-order chi connectivity index (χ0) is 8.60. The Morgan fingerprint density at radius 1 is 1.08 bits per heavy atom. The van der Waals surface area contributed by atoms with E-state index in [1.54, 1.807) is 0 Å². The molecule has 1 saturated carbocycles. The molecule has 0 aromatic heterocycles. The third-order valence-corrected chi connectivity index (χ3v) is 3.15. The number of nitrogens with one attached hydrogen (secondary N) is 2. The van der Waals surface area contributed by atoms with Crippen LogP contribution in [-0.4, -0.2) is 24.2 Å². The molecular formula is C10H20N2. The van der Waals surface area contributed by atoms with Crippen molar-refractivity contribution in [2.24, 2.45) is 0 Å². The maximum Gasteiger partial charge on any atom is 0.0252 e. The summed E-state index contributed by atoms with van der Waals surface area (Å²) in [7, 11) is 0. The molecule has 0 amide bonds. The Hall–Kier alpha value is -0.0800. The molecule has 1 heterocycles. The van der Waals surface area contributed by atoms with Gasteiger partial charge in [-0.1, -0.05) is 12.8 Å². The predicted molar refractivity (Wildman–Crippen MR) is 51.3 cm³/mol. The van der Waals surface area contributed by atoms with Crippen LogP contribution in [-0.2, 0) is 0 Å². The van der Waals surface area contributed by atoms with Gasteiger partial charge in [0.15, 0.2) is 0 Å². The first-order chi connectivity index (χ1) is 5.67. The molecule has 2 nitrogen and oxygen atoms in total. The van der Waals surface area contributed by atoms with Crippen LogP contribution in [0, 0.1) is 0 Å². The molecule has 0 spiro atoms. The Morgan fingerprint density at radius 2 is 1.75 bits per heavy atom. The average molecular weight is 168 g/mol. The second-order valence-corrected chi connectivity index (χ2v) is 4.91. The van der Waals surface area contributed by atoms with E-state index in [-0.39, 0.29) is 0 Å². The fourth-order valence-electron chi connectivity index (χ4n) is 2.49. The predicted octanol–water partition coefficient (Wildman–Crippen LogP) is 1.27. The van der Waals surface area contributed by atoms with E-state index in [9.17, 15) is 0 Å². The molecular weight excluding hydrogens is 148 g/mol. The van der Waals surface area contributed by atoms with Gasteiger partial charge in [-0.2, -0.15) is 0 Å². The lowest BCUT2D eigenvalue weighted by Gasteiger charge is -2.45. The van der Waals surface area contributed by atoms with Crippen LogP contribution in [0.3, 0.4) is 0 Å². The van der Waals surface area contributed by atoms with Crippen LogP contribution in [0.2, 0.25) is 0 Å². The highest BCUT2D eigenvalue weighted by Gasteiger charge is 2.34. The molecule has 2 rings (SSSR count). The van der Waals surface area contributed by atoms with Gasteiger partial charge in [-0.25, -0.2) is 0 Å². The summed E-state index contributed by atoms with van der Waals surface area (Å²) in [6, 6.07) is 1.49. The molecule has 0 aromatic carbocycles. The van der Waals surface area contributed by atoms with E-state index in [0.717, 1.165) is 18.6 Å². The lowest BCUT2D eigenvalue weighted by molar-refractivity contribution is 0.169. The van der Waals surface area contributed by atoms with Gasteiger partial charge in [0.05, 0.1) is 0 Å². The van der Waals surface area contributed by atoms with Crippen molar-refractivity contribution in [3.63, 3.8) is 0 Å². The van der Waals surface area contributed by atoms with Gasteiger partial charge in [0.1, 0.15) is 0 Å². The van der Waals surface area contributed by atoms with Gasteiger partial charge in [-0.15, -0.1) is 0 Å². The minimum atomic E-state index is 0.304. The van der Waals surface area contributed by atoms with Gasteiger partial charge in [-0.05, 0) is 26.7 Å². The summed E-state index contributed by atoms with van der Waals surface area (Å²) >= 11 is 0. The molecule has 1 aliphatic carbocycles. The molecule has 1 unspecified atom stereocenters. The Kier molecular flexibility index (Phi) is 2.13. The molecule has 2 heteroatoms. The van der Waals surface area contributed by atoms with Crippen molar-refractivity contribution in [2.45, 2.75) is 57.2 Å². The summed E-state index contributed by atoms with van der Waals surface area (Å²) in [6.45, 7) is 5.68. The van der Waals surface area contributed by atoms with E-state index in [0.29, 0.717) is 5.54 Å². The second-order valence-electron chi connectivity index (χ2n) is 4.91. The lowest BCUT2D eigenvalue weighted by Crippen LogP contribution is -2.66. The second kappa shape index (κ2) is 3.00. The fraction of sp³-hybridized carbons (Fsp3) is 1.00. The molecule has 0 aromatic rings. The molecule has 2 aliphatic rings. The number of piperazine rings is 1. The van der Waals surface area contributed by atoms with Crippen LogP contribution in [0.5, 0.6) is 0 Å². The first-order valence-corrected chi connectivity index (χ1v) is 5.18. The minimum absolute atomic E-state index is 0.304. The van der Waals surface area contributed by atoms with Crippen LogP contribution >= 0.6 is 0 Å². The van der Waals surface area contributed by atoms with E-state index in [4.69, 9.17) is 0 Å². The van der Waals surface area contributed by atoms with Gasteiger partial charge in [0.25, 0.3) is 0 Å². The Balaban J connectivity index is 1.99. The zero-order valence-corrected chi connectivity index (χ0v) is 8.19. The van der Waals surface area contributed by atoms with Crippen molar-refractivity contribution in [2.75, 3.05) is 6.54 Å². The lowest BCUT2D eigenvalue weighted by atomic mass is 9.85. The number of rotatable bonds is 0. The maximum atomic E-state index is 3.73. The molecule has 2 fully saturated rings. The van der Waals surface area contributed by atoms with Crippen LogP contribution in [0.4, 0.5) is 0 Å². The monoisotopic (exact) mass is 168 g/mol. The third-order valence-electron chi connectivity index (χ3n) is 3.15. The highest BCUT2D eigenvalue weighted by atomic mass is 15.1. The Morgan fingerprint density at radius 3 is 2.50 bits per heavy atom. The van der Waals surface area contributed by atoms with E-state index < -0.39 is 0 Å². The number of fused-ring (bicyclic) bond motifs is 1. The van der Waals surface area contributed by atoms with Crippen molar-refractivity contribution >= 4 is 0 Å². The van der Waals surface area contributed by atoms with Gasteiger partial charge < -0.3 is 10.6 Å².